The Morgan fingerprint density at radius 1 is 1.50 bits per heavy atom. The van der Waals surface area contributed by atoms with Crippen LogP contribution in [-0.4, -0.2) is 80.7 Å². The number of morpholine rings is 1. The summed E-state index contributed by atoms with van der Waals surface area (Å²) >= 11 is 0. The van der Waals surface area contributed by atoms with Gasteiger partial charge < -0.3 is 20.1 Å². The lowest BCUT2D eigenvalue weighted by Gasteiger charge is -2.30. The molecule has 1 rings (SSSR count). The molecule has 1 aliphatic rings. The lowest BCUT2D eigenvalue weighted by atomic mass is 10.3. The van der Waals surface area contributed by atoms with Gasteiger partial charge in [0.2, 0.25) is 5.91 Å². The first-order valence-corrected chi connectivity index (χ1v) is 8.02. The quantitative estimate of drug-likeness (QED) is 0.602. The van der Waals surface area contributed by atoms with Gasteiger partial charge in [0.05, 0.1) is 24.2 Å². The molecule has 116 valence electrons. The number of aliphatic carboxylic acids is 1. The monoisotopic (exact) mass is 308 g/mol. The maximum atomic E-state index is 12.0. The standard InChI is InChI=1S/C11H20N2O6S/c1-8(14)12-10(11(15)16)7-20(17,18)6-9-5-13(2)3-4-19-9/h9-10H,3-7H2,1-2H3,(H,12,14)(H,15,16). The van der Waals surface area contributed by atoms with E-state index in [1.54, 1.807) is 0 Å². The number of ether oxygens (including phenoxy) is 1. The van der Waals surface area contributed by atoms with Crippen molar-refractivity contribution in [2.45, 2.75) is 19.1 Å². The molecule has 1 amide bonds. The van der Waals surface area contributed by atoms with Crippen molar-refractivity contribution in [3.8, 4) is 0 Å². The number of carbonyl (C=O) groups excluding carboxylic acids is 1. The Bertz CT molecular complexity index is 464. The molecular weight excluding hydrogens is 288 g/mol. The van der Waals surface area contributed by atoms with Crippen LogP contribution in [0.5, 0.6) is 0 Å². The van der Waals surface area contributed by atoms with Gasteiger partial charge in [0, 0.05) is 20.0 Å². The second kappa shape index (κ2) is 7.00. The molecule has 9 heteroatoms. The van der Waals surface area contributed by atoms with Gasteiger partial charge in [-0.25, -0.2) is 13.2 Å². The van der Waals surface area contributed by atoms with Crippen LogP contribution >= 0.6 is 0 Å². The third kappa shape index (κ3) is 5.85. The SMILES string of the molecule is CC(=O)NC(CS(=O)(=O)CC1CN(C)CCO1)C(=O)O. The summed E-state index contributed by atoms with van der Waals surface area (Å²) in [6.07, 6.45) is -0.467. The molecule has 1 aliphatic heterocycles. The summed E-state index contributed by atoms with van der Waals surface area (Å²) in [7, 11) is -1.78. The zero-order valence-electron chi connectivity index (χ0n) is 11.5. The molecule has 1 saturated heterocycles. The minimum Gasteiger partial charge on any atom is -0.480 e. The molecule has 20 heavy (non-hydrogen) atoms. The number of carbonyl (C=O) groups is 2. The lowest BCUT2D eigenvalue weighted by Crippen LogP contribution is -2.48. The van der Waals surface area contributed by atoms with Crippen LogP contribution in [0.15, 0.2) is 0 Å². The number of nitrogens with zero attached hydrogens (tertiary/aromatic N) is 1. The van der Waals surface area contributed by atoms with Gasteiger partial charge in [-0.05, 0) is 7.05 Å². The number of hydrogen-bond donors (Lipinski definition) is 2. The summed E-state index contributed by atoms with van der Waals surface area (Å²) in [6.45, 7) is 2.81. The van der Waals surface area contributed by atoms with E-state index >= 15 is 0 Å². The van der Waals surface area contributed by atoms with E-state index in [1.165, 1.54) is 0 Å². The zero-order valence-corrected chi connectivity index (χ0v) is 12.4. The van der Waals surface area contributed by atoms with Crippen molar-refractivity contribution in [2.75, 3.05) is 38.2 Å². The molecule has 0 radical (unpaired) electrons. The summed E-state index contributed by atoms with van der Waals surface area (Å²) < 4.78 is 29.3. The van der Waals surface area contributed by atoms with E-state index in [9.17, 15) is 18.0 Å². The molecule has 2 atom stereocenters. The average molecular weight is 308 g/mol. The van der Waals surface area contributed by atoms with Gasteiger partial charge >= 0.3 is 5.97 Å². The molecular formula is C11H20N2O6S. The van der Waals surface area contributed by atoms with Gasteiger partial charge in [-0.2, -0.15) is 0 Å². The first-order valence-electron chi connectivity index (χ1n) is 6.20. The Morgan fingerprint density at radius 2 is 2.15 bits per heavy atom. The van der Waals surface area contributed by atoms with E-state index in [0.717, 1.165) is 13.5 Å². The smallest absolute Gasteiger partial charge is 0.327 e. The van der Waals surface area contributed by atoms with Crippen molar-refractivity contribution >= 4 is 21.7 Å². The van der Waals surface area contributed by atoms with Gasteiger partial charge in [-0.15, -0.1) is 0 Å². The predicted octanol–water partition coefficient (Wildman–Crippen LogP) is -1.68. The summed E-state index contributed by atoms with van der Waals surface area (Å²) in [6, 6.07) is -1.43. The molecule has 0 aliphatic carbocycles. The van der Waals surface area contributed by atoms with E-state index in [-0.39, 0.29) is 5.75 Å². The minimum atomic E-state index is -3.64. The molecule has 1 heterocycles. The third-order valence-electron chi connectivity index (χ3n) is 2.88. The molecule has 1 fully saturated rings. The van der Waals surface area contributed by atoms with E-state index in [4.69, 9.17) is 9.84 Å². The maximum absolute atomic E-state index is 12.0. The zero-order chi connectivity index (χ0) is 15.3. The average Bonchev–Trinajstić information content (AvgIpc) is 2.26. The Hall–Kier alpha value is -1.19. The van der Waals surface area contributed by atoms with Crippen LogP contribution in [0.3, 0.4) is 0 Å². The predicted molar refractivity (Wildman–Crippen MR) is 71.1 cm³/mol. The first-order chi connectivity index (χ1) is 9.19. The largest absolute Gasteiger partial charge is 0.480 e. The van der Waals surface area contributed by atoms with E-state index in [0.29, 0.717) is 13.2 Å². The van der Waals surface area contributed by atoms with Crippen LogP contribution in [-0.2, 0) is 24.2 Å². The number of carboxylic acid groups (broad SMARTS) is 1. The van der Waals surface area contributed by atoms with E-state index < -0.39 is 39.6 Å². The Kier molecular flexibility index (Phi) is 5.90. The fourth-order valence-corrected chi connectivity index (χ4v) is 3.63. The molecule has 0 aromatic rings. The van der Waals surface area contributed by atoms with Gasteiger partial charge in [0.25, 0.3) is 0 Å². The van der Waals surface area contributed by atoms with Crippen LogP contribution in [0.2, 0.25) is 0 Å². The van der Waals surface area contributed by atoms with Crippen molar-refractivity contribution in [3.05, 3.63) is 0 Å². The molecule has 0 spiro atoms. The number of likely N-dealkylation sites (N-methyl/N-ethyl adjacent to an activating group) is 1. The van der Waals surface area contributed by atoms with Crippen molar-refractivity contribution in [1.82, 2.24) is 10.2 Å². The van der Waals surface area contributed by atoms with Gasteiger partial charge in [0.15, 0.2) is 9.84 Å². The Labute approximate surface area is 118 Å². The third-order valence-corrected chi connectivity index (χ3v) is 4.60. The Morgan fingerprint density at radius 3 is 2.65 bits per heavy atom. The van der Waals surface area contributed by atoms with Crippen LogP contribution in [0.1, 0.15) is 6.92 Å². The van der Waals surface area contributed by atoms with Crippen LogP contribution in [0.4, 0.5) is 0 Å². The highest BCUT2D eigenvalue weighted by molar-refractivity contribution is 7.91. The second-order valence-corrected chi connectivity index (χ2v) is 7.08. The fraction of sp³-hybridized carbons (Fsp3) is 0.818. The summed E-state index contributed by atoms with van der Waals surface area (Å²) in [4.78, 5) is 23.8. The number of amides is 1. The number of hydrogen-bond acceptors (Lipinski definition) is 6. The molecule has 2 N–H and O–H groups in total. The molecule has 0 bridgehead atoms. The summed E-state index contributed by atoms with van der Waals surface area (Å²) in [5.74, 6) is -2.83. The van der Waals surface area contributed by atoms with Crippen molar-refractivity contribution in [3.63, 3.8) is 0 Å². The fourth-order valence-electron chi connectivity index (χ4n) is 1.99. The van der Waals surface area contributed by atoms with Gasteiger partial charge in [0.1, 0.15) is 6.04 Å². The summed E-state index contributed by atoms with van der Waals surface area (Å²) in [5.41, 5.74) is 0. The van der Waals surface area contributed by atoms with Gasteiger partial charge in [-0.3, -0.25) is 4.79 Å². The van der Waals surface area contributed by atoms with Crippen LogP contribution < -0.4 is 5.32 Å². The molecule has 0 saturated carbocycles. The number of rotatable bonds is 6. The van der Waals surface area contributed by atoms with Crippen molar-refractivity contribution in [1.29, 1.82) is 0 Å². The molecule has 8 nitrogen and oxygen atoms in total. The maximum Gasteiger partial charge on any atom is 0.327 e. The number of sulfone groups is 1. The number of carboxylic acids is 1. The highest BCUT2D eigenvalue weighted by atomic mass is 32.2. The second-order valence-electron chi connectivity index (χ2n) is 4.92. The molecule has 0 aromatic heterocycles. The normalized spacial score (nSPS) is 22.2. The highest BCUT2D eigenvalue weighted by Gasteiger charge is 2.30. The number of nitrogens with one attached hydrogen (secondary N) is 1. The van der Waals surface area contributed by atoms with Crippen molar-refractivity contribution in [2.24, 2.45) is 0 Å². The topological polar surface area (TPSA) is 113 Å². The van der Waals surface area contributed by atoms with Gasteiger partial charge in [-0.1, -0.05) is 0 Å². The van der Waals surface area contributed by atoms with Crippen LogP contribution in [0, 0.1) is 0 Å². The van der Waals surface area contributed by atoms with Crippen molar-refractivity contribution < 1.29 is 27.9 Å². The van der Waals surface area contributed by atoms with Crippen LogP contribution in [0.25, 0.3) is 0 Å². The molecule has 0 aromatic carbocycles. The highest BCUT2D eigenvalue weighted by Crippen LogP contribution is 2.08. The lowest BCUT2D eigenvalue weighted by molar-refractivity contribution is -0.140. The summed E-state index contributed by atoms with van der Waals surface area (Å²) in [5, 5.41) is 11.0. The first kappa shape index (κ1) is 16.9. The van der Waals surface area contributed by atoms with E-state index in [1.807, 2.05) is 11.9 Å². The Balaban J connectivity index is 2.62. The van der Waals surface area contributed by atoms with E-state index in [2.05, 4.69) is 5.32 Å². The minimum absolute atomic E-state index is 0.249. The molecule has 2 unspecified atom stereocenters.